The summed E-state index contributed by atoms with van der Waals surface area (Å²) in [6, 6.07) is 5.09. The molecule has 1 amide bonds. The number of rotatable bonds is 3. The van der Waals surface area contributed by atoms with Gasteiger partial charge in [-0.2, -0.15) is 4.98 Å². The van der Waals surface area contributed by atoms with Crippen LogP contribution in [0.15, 0.2) is 27.8 Å². The Labute approximate surface area is 148 Å². The molecule has 9 heteroatoms. The number of aromatic nitrogens is 3. The van der Waals surface area contributed by atoms with Crippen LogP contribution in [-0.4, -0.2) is 31.7 Å². The average Bonchev–Trinajstić information content (AvgIpc) is 3.23. The van der Waals surface area contributed by atoms with Crippen LogP contribution in [-0.2, 0) is 25.4 Å². The van der Waals surface area contributed by atoms with Crippen molar-refractivity contribution in [3.63, 3.8) is 0 Å². The number of hydrogen-bond acceptors (Lipinski definition) is 6. The van der Waals surface area contributed by atoms with Gasteiger partial charge in [-0.05, 0) is 24.1 Å². The second-order valence-electron chi connectivity index (χ2n) is 6.42. The van der Waals surface area contributed by atoms with Gasteiger partial charge in [0, 0.05) is 27.1 Å². The molecule has 0 radical (unpaired) electrons. The maximum Gasteiger partial charge on any atom is 0.353 e. The Bertz CT molecular complexity index is 1010. The first kappa shape index (κ1) is 16.4. The van der Waals surface area contributed by atoms with E-state index in [1.807, 2.05) is 12.1 Å². The maximum absolute atomic E-state index is 12.4. The zero-order valence-electron chi connectivity index (χ0n) is 14.5. The molecule has 136 valence electrons. The Balaban J connectivity index is 1.68. The third-order valence-corrected chi connectivity index (χ3v) is 4.83. The van der Waals surface area contributed by atoms with Gasteiger partial charge in [-0.25, -0.2) is 14.2 Å². The van der Waals surface area contributed by atoms with Crippen molar-refractivity contribution in [2.24, 2.45) is 14.1 Å². The highest BCUT2D eigenvalue weighted by molar-refractivity contribution is 5.79. The summed E-state index contributed by atoms with van der Waals surface area (Å²) in [5.41, 5.74) is -0.198. The summed E-state index contributed by atoms with van der Waals surface area (Å²) in [6.45, 7) is 0.522. The summed E-state index contributed by atoms with van der Waals surface area (Å²) in [5.74, 6) is 1.59. The molecule has 3 heterocycles. The lowest BCUT2D eigenvalue weighted by atomic mass is 10.1. The molecule has 2 aliphatic rings. The summed E-state index contributed by atoms with van der Waals surface area (Å²) >= 11 is 0. The highest BCUT2D eigenvalue weighted by atomic mass is 16.7. The average molecular weight is 358 g/mol. The lowest BCUT2D eigenvalue weighted by molar-refractivity contribution is -0.129. The van der Waals surface area contributed by atoms with E-state index in [0.29, 0.717) is 36.7 Å². The number of nitrogens with zero attached hydrogens (tertiary/aromatic N) is 4. The zero-order chi connectivity index (χ0) is 18.4. The van der Waals surface area contributed by atoms with Crippen LogP contribution < -0.4 is 20.9 Å². The van der Waals surface area contributed by atoms with Crippen molar-refractivity contribution in [3.05, 3.63) is 50.6 Å². The summed E-state index contributed by atoms with van der Waals surface area (Å²) < 4.78 is 13.0. The Morgan fingerprint density at radius 1 is 1.12 bits per heavy atom. The number of carbonyl (C=O) groups is 1. The van der Waals surface area contributed by atoms with E-state index in [-0.39, 0.29) is 12.7 Å². The van der Waals surface area contributed by atoms with Crippen molar-refractivity contribution in [2.75, 3.05) is 6.79 Å². The van der Waals surface area contributed by atoms with Gasteiger partial charge in [-0.3, -0.25) is 9.36 Å². The van der Waals surface area contributed by atoms with E-state index in [1.54, 1.807) is 18.0 Å². The molecular weight excluding hydrogens is 340 g/mol. The van der Waals surface area contributed by atoms with E-state index in [0.717, 1.165) is 10.1 Å². The van der Waals surface area contributed by atoms with Crippen molar-refractivity contribution in [2.45, 2.75) is 25.4 Å². The zero-order valence-corrected chi connectivity index (χ0v) is 14.5. The molecule has 0 spiro atoms. The van der Waals surface area contributed by atoms with Crippen LogP contribution in [0.2, 0.25) is 0 Å². The standard InChI is InChI=1S/C17H18N4O5/c1-19-15(18-16(23)20(2)17(19)24)11-4-6-14(22)21(11)8-10-3-5-12-13(7-10)26-9-25-12/h3,5,7,11H,4,6,8-9H2,1-2H3. The summed E-state index contributed by atoms with van der Waals surface area (Å²) in [4.78, 5) is 42.2. The van der Waals surface area contributed by atoms with E-state index < -0.39 is 17.4 Å². The van der Waals surface area contributed by atoms with Gasteiger partial charge in [0.15, 0.2) is 11.5 Å². The SMILES string of the molecule is Cn1c(C2CCC(=O)N2Cc2ccc3c(c2)OCO3)nc(=O)n(C)c1=O. The lowest BCUT2D eigenvalue weighted by Crippen LogP contribution is -2.43. The summed E-state index contributed by atoms with van der Waals surface area (Å²) in [7, 11) is 2.94. The summed E-state index contributed by atoms with van der Waals surface area (Å²) in [5, 5.41) is 0. The summed E-state index contributed by atoms with van der Waals surface area (Å²) in [6.07, 6.45) is 0.858. The number of ether oxygens (including phenoxy) is 2. The molecule has 4 rings (SSSR count). The van der Waals surface area contributed by atoms with Gasteiger partial charge in [-0.1, -0.05) is 6.07 Å². The van der Waals surface area contributed by atoms with Gasteiger partial charge in [-0.15, -0.1) is 0 Å². The monoisotopic (exact) mass is 358 g/mol. The van der Waals surface area contributed by atoms with E-state index in [4.69, 9.17) is 9.47 Å². The molecule has 0 bridgehead atoms. The predicted molar refractivity (Wildman–Crippen MR) is 89.8 cm³/mol. The third kappa shape index (κ3) is 2.56. The fourth-order valence-corrected chi connectivity index (χ4v) is 3.39. The molecule has 0 aliphatic carbocycles. The second kappa shape index (κ2) is 6.01. The molecule has 1 fully saturated rings. The van der Waals surface area contributed by atoms with Crippen molar-refractivity contribution < 1.29 is 14.3 Å². The van der Waals surface area contributed by atoms with E-state index >= 15 is 0 Å². The largest absolute Gasteiger partial charge is 0.454 e. The smallest absolute Gasteiger partial charge is 0.353 e. The predicted octanol–water partition coefficient (Wildman–Crippen LogP) is 0.0714. The molecule has 0 N–H and O–H groups in total. The molecule has 9 nitrogen and oxygen atoms in total. The number of fused-ring (bicyclic) bond motifs is 1. The van der Waals surface area contributed by atoms with Crippen LogP contribution in [0.4, 0.5) is 0 Å². The first-order chi connectivity index (χ1) is 12.5. The number of likely N-dealkylation sites (tertiary alicyclic amines) is 1. The van der Waals surface area contributed by atoms with Gasteiger partial charge in [0.25, 0.3) is 0 Å². The van der Waals surface area contributed by atoms with Crippen LogP contribution >= 0.6 is 0 Å². The molecule has 1 atom stereocenters. The van der Waals surface area contributed by atoms with Crippen LogP contribution in [0, 0.1) is 0 Å². The van der Waals surface area contributed by atoms with Crippen molar-refractivity contribution in [1.82, 2.24) is 19.0 Å². The van der Waals surface area contributed by atoms with Gasteiger partial charge in [0.2, 0.25) is 12.7 Å². The van der Waals surface area contributed by atoms with Gasteiger partial charge in [0.05, 0.1) is 6.04 Å². The Kier molecular flexibility index (Phi) is 3.78. The minimum Gasteiger partial charge on any atom is -0.454 e. The lowest BCUT2D eigenvalue weighted by Gasteiger charge is -2.25. The number of benzene rings is 1. The highest BCUT2D eigenvalue weighted by Gasteiger charge is 2.35. The molecule has 1 aromatic heterocycles. The first-order valence-electron chi connectivity index (χ1n) is 8.27. The van der Waals surface area contributed by atoms with Crippen LogP contribution in [0.3, 0.4) is 0 Å². The number of hydrogen-bond donors (Lipinski definition) is 0. The Morgan fingerprint density at radius 3 is 2.69 bits per heavy atom. The first-order valence-corrected chi connectivity index (χ1v) is 8.27. The topological polar surface area (TPSA) is 95.7 Å². The van der Waals surface area contributed by atoms with Gasteiger partial charge >= 0.3 is 11.4 Å². The second-order valence-corrected chi connectivity index (χ2v) is 6.42. The number of carbonyl (C=O) groups excluding carboxylic acids is 1. The van der Waals surface area contributed by atoms with Crippen LogP contribution in [0.1, 0.15) is 30.3 Å². The molecule has 26 heavy (non-hydrogen) atoms. The van der Waals surface area contributed by atoms with E-state index in [2.05, 4.69) is 4.98 Å². The van der Waals surface area contributed by atoms with Crippen molar-refractivity contribution >= 4 is 5.91 Å². The molecular formula is C17H18N4O5. The molecule has 1 unspecified atom stereocenters. The van der Waals surface area contributed by atoms with E-state index in [9.17, 15) is 14.4 Å². The molecule has 2 aliphatic heterocycles. The van der Waals surface area contributed by atoms with E-state index in [1.165, 1.54) is 11.6 Å². The number of amides is 1. The van der Waals surface area contributed by atoms with Crippen molar-refractivity contribution in [1.29, 1.82) is 0 Å². The van der Waals surface area contributed by atoms with Crippen LogP contribution in [0.25, 0.3) is 0 Å². The maximum atomic E-state index is 12.4. The van der Waals surface area contributed by atoms with Crippen LogP contribution in [0.5, 0.6) is 11.5 Å². The quantitative estimate of drug-likeness (QED) is 0.771. The van der Waals surface area contributed by atoms with Crippen molar-refractivity contribution in [3.8, 4) is 11.5 Å². The van der Waals surface area contributed by atoms with Gasteiger partial charge < -0.3 is 14.4 Å². The molecule has 1 aromatic carbocycles. The normalized spacial score (nSPS) is 18.6. The fourth-order valence-electron chi connectivity index (χ4n) is 3.39. The highest BCUT2D eigenvalue weighted by Crippen LogP contribution is 2.36. The fraction of sp³-hybridized carbons (Fsp3) is 0.412. The minimum absolute atomic E-state index is 0.0393. The molecule has 1 saturated heterocycles. The minimum atomic E-state index is -0.620. The van der Waals surface area contributed by atoms with Gasteiger partial charge in [0.1, 0.15) is 5.82 Å². The Hall–Kier alpha value is -3.10. The molecule has 0 saturated carbocycles. The third-order valence-electron chi connectivity index (χ3n) is 4.83. The molecule has 2 aromatic rings. The Morgan fingerprint density at radius 2 is 1.88 bits per heavy atom.